The highest BCUT2D eigenvalue weighted by Gasteiger charge is 2.20. The number of hydrogen-bond donors (Lipinski definition) is 3. The fourth-order valence-corrected chi connectivity index (χ4v) is 2.69. The molecular formula is C17H14BrN3O3. The second kappa shape index (κ2) is 6.84. The van der Waals surface area contributed by atoms with Crippen LogP contribution in [0, 0.1) is 0 Å². The Morgan fingerprint density at radius 1 is 1.25 bits per heavy atom. The van der Waals surface area contributed by atoms with Gasteiger partial charge in [0.2, 0.25) is 0 Å². The standard InChI is InChI=1S/C17H14BrN3O3/c18-12-3-1-10(2-4-12)14(8-16(22)23)21-17(24)15-7-13-11(9-20-15)5-6-19-13/h1-7,9,14,19H,8H2,(H,21,24)(H,22,23)/t14-/m1/s1. The summed E-state index contributed by atoms with van der Waals surface area (Å²) in [5.41, 5.74) is 1.75. The van der Waals surface area contributed by atoms with Gasteiger partial charge in [0, 0.05) is 27.8 Å². The Morgan fingerprint density at radius 3 is 2.71 bits per heavy atom. The quantitative estimate of drug-likeness (QED) is 0.625. The largest absolute Gasteiger partial charge is 0.481 e. The molecule has 0 aliphatic rings. The summed E-state index contributed by atoms with van der Waals surface area (Å²) in [5, 5.41) is 12.8. The number of carboxylic acid groups (broad SMARTS) is 1. The normalized spacial score (nSPS) is 12.0. The number of hydrogen-bond acceptors (Lipinski definition) is 3. The molecule has 1 amide bonds. The van der Waals surface area contributed by atoms with Gasteiger partial charge in [-0.2, -0.15) is 0 Å². The summed E-state index contributed by atoms with van der Waals surface area (Å²) in [6.45, 7) is 0. The molecule has 0 radical (unpaired) electrons. The van der Waals surface area contributed by atoms with Crippen molar-refractivity contribution >= 4 is 38.7 Å². The lowest BCUT2D eigenvalue weighted by Crippen LogP contribution is -2.30. The maximum absolute atomic E-state index is 12.5. The molecule has 122 valence electrons. The van der Waals surface area contributed by atoms with Crippen molar-refractivity contribution in [2.24, 2.45) is 0 Å². The molecular weight excluding hydrogens is 374 g/mol. The van der Waals surface area contributed by atoms with Gasteiger partial charge in [-0.15, -0.1) is 0 Å². The van der Waals surface area contributed by atoms with Crippen LogP contribution in [0.1, 0.15) is 28.5 Å². The van der Waals surface area contributed by atoms with E-state index >= 15 is 0 Å². The van der Waals surface area contributed by atoms with Gasteiger partial charge in [0.15, 0.2) is 0 Å². The number of aromatic amines is 1. The molecule has 0 unspecified atom stereocenters. The van der Waals surface area contributed by atoms with E-state index in [1.807, 2.05) is 6.07 Å². The van der Waals surface area contributed by atoms with Gasteiger partial charge < -0.3 is 15.4 Å². The number of nitrogens with zero attached hydrogens (tertiary/aromatic N) is 1. The third-order valence-electron chi connectivity index (χ3n) is 3.63. The second-order valence-electron chi connectivity index (χ2n) is 5.31. The number of amides is 1. The monoisotopic (exact) mass is 387 g/mol. The molecule has 7 heteroatoms. The van der Waals surface area contributed by atoms with E-state index < -0.39 is 17.9 Å². The summed E-state index contributed by atoms with van der Waals surface area (Å²) in [6, 6.07) is 10.0. The number of carbonyl (C=O) groups excluding carboxylic acids is 1. The zero-order valence-electron chi connectivity index (χ0n) is 12.5. The molecule has 3 aromatic rings. The van der Waals surface area contributed by atoms with E-state index in [2.05, 4.69) is 31.2 Å². The third kappa shape index (κ3) is 3.62. The number of halogens is 1. The van der Waals surface area contributed by atoms with Crippen LogP contribution in [0.2, 0.25) is 0 Å². The maximum Gasteiger partial charge on any atom is 0.305 e. The first-order chi connectivity index (χ1) is 11.5. The van der Waals surface area contributed by atoms with Crippen LogP contribution >= 0.6 is 15.9 Å². The third-order valence-corrected chi connectivity index (χ3v) is 4.15. The molecule has 3 rings (SSSR count). The SMILES string of the molecule is O=C(O)C[C@@H](NC(=O)c1cc2[nH]ccc2cn1)c1ccc(Br)cc1. The van der Waals surface area contributed by atoms with E-state index in [1.165, 1.54) is 0 Å². The average Bonchev–Trinajstić information content (AvgIpc) is 3.02. The van der Waals surface area contributed by atoms with Crippen molar-refractivity contribution in [2.45, 2.75) is 12.5 Å². The van der Waals surface area contributed by atoms with Gasteiger partial charge in [0.05, 0.1) is 12.5 Å². The predicted molar refractivity (Wildman–Crippen MR) is 92.7 cm³/mol. The Bertz CT molecular complexity index is 889. The first kappa shape index (κ1) is 16.2. The van der Waals surface area contributed by atoms with Gasteiger partial charge in [-0.1, -0.05) is 28.1 Å². The van der Waals surface area contributed by atoms with Gasteiger partial charge in [-0.05, 0) is 29.8 Å². The van der Waals surface area contributed by atoms with Crippen molar-refractivity contribution in [3.05, 3.63) is 64.5 Å². The predicted octanol–water partition coefficient (Wildman–Crippen LogP) is 3.27. The number of pyridine rings is 1. The number of aliphatic carboxylic acids is 1. The Morgan fingerprint density at radius 2 is 2.00 bits per heavy atom. The summed E-state index contributed by atoms with van der Waals surface area (Å²) >= 11 is 3.34. The molecule has 1 atom stereocenters. The molecule has 0 bridgehead atoms. The molecule has 1 aromatic carbocycles. The first-order valence-electron chi connectivity index (χ1n) is 7.24. The fraction of sp³-hybridized carbons (Fsp3) is 0.118. The summed E-state index contributed by atoms with van der Waals surface area (Å²) < 4.78 is 0.880. The minimum atomic E-state index is -0.990. The number of H-pyrrole nitrogens is 1. The number of rotatable bonds is 5. The highest BCUT2D eigenvalue weighted by molar-refractivity contribution is 9.10. The number of carbonyl (C=O) groups is 2. The molecule has 2 heterocycles. The van der Waals surface area contributed by atoms with Gasteiger partial charge in [-0.3, -0.25) is 14.6 Å². The van der Waals surface area contributed by atoms with Gasteiger partial charge in [0.1, 0.15) is 5.69 Å². The Kier molecular flexibility index (Phi) is 4.61. The molecule has 0 spiro atoms. The lowest BCUT2D eigenvalue weighted by molar-refractivity contribution is -0.137. The molecule has 6 nitrogen and oxygen atoms in total. The van der Waals surface area contributed by atoms with Crippen LogP contribution in [0.4, 0.5) is 0 Å². The number of carboxylic acids is 1. The summed E-state index contributed by atoms with van der Waals surface area (Å²) in [6.07, 6.45) is 3.16. The molecule has 2 aromatic heterocycles. The lowest BCUT2D eigenvalue weighted by atomic mass is 10.0. The van der Waals surface area contributed by atoms with Crippen LogP contribution in [0.15, 0.2) is 53.3 Å². The Hall–Kier alpha value is -2.67. The zero-order valence-corrected chi connectivity index (χ0v) is 14.1. The highest BCUT2D eigenvalue weighted by Crippen LogP contribution is 2.21. The molecule has 0 aliphatic heterocycles. The van der Waals surface area contributed by atoms with Crippen LogP contribution in [-0.4, -0.2) is 27.0 Å². The maximum atomic E-state index is 12.5. The van der Waals surface area contributed by atoms with E-state index in [-0.39, 0.29) is 12.1 Å². The van der Waals surface area contributed by atoms with E-state index in [0.29, 0.717) is 0 Å². The number of benzene rings is 1. The lowest BCUT2D eigenvalue weighted by Gasteiger charge is -2.17. The van der Waals surface area contributed by atoms with Gasteiger partial charge >= 0.3 is 5.97 Å². The number of nitrogens with one attached hydrogen (secondary N) is 2. The van der Waals surface area contributed by atoms with E-state index in [9.17, 15) is 9.59 Å². The van der Waals surface area contributed by atoms with Crippen molar-refractivity contribution in [3.8, 4) is 0 Å². The minimum absolute atomic E-state index is 0.210. The van der Waals surface area contributed by atoms with Crippen molar-refractivity contribution in [2.75, 3.05) is 0 Å². The van der Waals surface area contributed by atoms with E-state index in [1.54, 1.807) is 42.7 Å². The van der Waals surface area contributed by atoms with Crippen molar-refractivity contribution < 1.29 is 14.7 Å². The second-order valence-corrected chi connectivity index (χ2v) is 6.23. The number of fused-ring (bicyclic) bond motifs is 1. The minimum Gasteiger partial charge on any atom is -0.481 e. The Labute approximate surface area is 146 Å². The molecule has 0 saturated heterocycles. The Balaban J connectivity index is 1.84. The first-order valence-corrected chi connectivity index (χ1v) is 8.03. The zero-order chi connectivity index (χ0) is 17.1. The number of aromatic nitrogens is 2. The topological polar surface area (TPSA) is 95.1 Å². The van der Waals surface area contributed by atoms with Crippen LogP contribution in [0.3, 0.4) is 0 Å². The fourth-order valence-electron chi connectivity index (χ4n) is 2.42. The van der Waals surface area contributed by atoms with Gasteiger partial charge in [-0.25, -0.2) is 0 Å². The van der Waals surface area contributed by atoms with E-state index in [0.717, 1.165) is 20.9 Å². The van der Waals surface area contributed by atoms with Gasteiger partial charge in [0.25, 0.3) is 5.91 Å². The van der Waals surface area contributed by atoms with Crippen LogP contribution in [-0.2, 0) is 4.79 Å². The van der Waals surface area contributed by atoms with Crippen LogP contribution in [0.5, 0.6) is 0 Å². The van der Waals surface area contributed by atoms with Crippen LogP contribution in [0.25, 0.3) is 10.9 Å². The molecule has 0 saturated carbocycles. The van der Waals surface area contributed by atoms with Crippen molar-refractivity contribution in [3.63, 3.8) is 0 Å². The summed E-state index contributed by atoms with van der Waals surface area (Å²) in [4.78, 5) is 30.7. The van der Waals surface area contributed by atoms with Crippen molar-refractivity contribution in [1.29, 1.82) is 0 Å². The smallest absolute Gasteiger partial charge is 0.305 e. The van der Waals surface area contributed by atoms with E-state index in [4.69, 9.17) is 5.11 Å². The molecule has 24 heavy (non-hydrogen) atoms. The molecule has 0 fully saturated rings. The molecule has 0 aliphatic carbocycles. The summed E-state index contributed by atoms with van der Waals surface area (Å²) in [5.74, 6) is -1.41. The average molecular weight is 388 g/mol. The molecule has 3 N–H and O–H groups in total. The summed E-state index contributed by atoms with van der Waals surface area (Å²) in [7, 11) is 0. The van der Waals surface area contributed by atoms with Crippen molar-refractivity contribution in [1.82, 2.24) is 15.3 Å². The van der Waals surface area contributed by atoms with Crippen LogP contribution < -0.4 is 5.32 Å². The highest BCUT2D eigenvalue weighted by atomic mass is 79.9.